The zero-order chi connectivity index (χ0) is 15.6. The van der Waals surface area contributed by atoms with Crippen molar-refractivity contribution in [3.8, 4) is 0 Å². The number of nitrogen functional groups attached to an aromatic ring is 1. The predicted molar refractivity (Wildman–Crippen MR) is 82.1 cm³/mol. The number of ether oxygens (including phenoxy) is 1. The predicted octanol–water partition coefficient (Wildman–Crippen LogP) is 1.68. The molecule has 1 amide bonds. The highest BCUT2D eigenvalue weighted by molar-refractivity contribution is 5.98. The Morgan fingerprint density at radius 1 is 1.57 bits per heavy atom. The van der Waals surface area contributed by atoms with Gasteiger partial charge in [-0.2, -0.15) is 5.10 Å². The second-order valence-corrected chi connectivity index (χ2v) is 5.73. The fourth-order valence-electron chi connectivity index (χ4n) is 2.70. The fourth-order valence-corrected chi connectivity index (χ4v) is 2.70. The van der Waals surface area contributed by atoms with E-state index >= 15 is 0 Å². The van der Waals surface area contributed by atoms with Gasteiger partial charge in [-0.25, -0.2) is 0 Å². The van der Waals surface area contributed by atoms with Gasteiger partial charge in [0.1, 0.15) is 5.69 Å². The summed E-state index contributed by atoms with van der Waals surface area (Å²) in [5, 5.41) is 4.35. The van der Waals surface area contributed by atoms with Crippen LogP contribution < -0.4 is 5.73 Å². The third-order valence-electron chi connectivity index (χ3n) is 4.27. The molecular weight excluding hydrogens is 268 g/mol. The van der Waals surface area contributed by atoms with Gasteiger partial charge in [-0.05, 0) is 39.5 Å². The maximum absolute atomic E-state index is 13.0. The minimum absolute atomic E-state index is 0.0357. The van der Waals surface area contributed by atoms with Gasteiger partial charge in [-0.15, -0.1) is 0 Å². The molecule has 0 radical (unpaired) electrons. The molecule has 0 aromatic carbocycles. The van der Waals surface area contributed by atoms with E-state index in [9.17, 15) is 4.79 Å². The Morgan fingerprint density at radius 2 is 2.24 bits per heavy atom. The van der Waals surface area contributed by atoms with Crippen molar-refractivity contribution in [1.82, 2.24) is 14.7 Å². The average Bonchev–Trinajstić information content (AvgIpc) is 3.26. The molecule has 1 aromatic heterocycles. The van der Waals surface area contributed by atoms with Crippen LogP contribution in [0.2, 0.25) is 0 Å². The number of hydrogen-bond donors (Lipinski definition) is 1. The van der Waals surface area contributed by atoms with Crippen molar-refractivity contribution in [3.05, 3.63) is 11.4 Å². The number of aromatic nitrogens is 2. The van der Waals surface area contributed by atoms with Crippen LogP contribution in [0.25, 0.3) is 0 Å². The number of nitrogens with two attached hydrogens (primary N) is 1. The molecule has 1 heterocycles. The highest BCUT2D eigenvalue weighted by atomic mass is 16.5. The van der Waals surface area contributed by atoms with E-state index < -0.39 is 0 Å². The van der Waals surface area contributed by atoms with Crippen molar-refractivity contribution in [3.63, 3.8) is 0 Å². The highest BCUT2D eigenvalue weighted by Gasteiger charge is 2.36. The van der Waals surface area contributed by atoms with E-state index in [1.165, 1.54) is 12.8 Å². The van der Waals surface area contributed by atoms with Crippen LogP contribution in [0.1, 0.15) is 42.9 Å². The van der Waals surface area contributed by atoms with E-state index in [1.807, 2.05) is 18.7 Å². The van der Waals surface area contributed by atoms with Crippen molar-refractivity contribution in [2.24, 2.45) is 5.92 Å². The van der Waals surface area contributed by atoms with Gasteiger partial charge >= 0.3 is 0 Å². The van der Waals surface area contributed by atoms with Crippen molar-refractivity contribution in [2.45, 2.75) is 46.2 Å². The Morgan fingerprint density at radius 3 is 2.76 bits per heavy atom. The molecule has 1 atom stereocenters. The topological polar surface area (TPSA) is 73.4 Å². The number of nitrogens with zero attached hydrogens (tertiary/aromatic N) is 3. The number of hydrogen-bond acceptors (Lipinski definition) is 4. The molecule has 1 aromatic rings. The zero-order valence-electron chi connectivity index (χ0n) is 13.4. The molecule has 21 heavy (non-hydrogen) atoms. The summed E-state index contributed by atoms with van der Waals surface area (Å²) in [6.07, 6.45) is 2.39. The van der Waals surface area contributed by atoms with E-state index in [4.69, 9.17) is 10.5 Å². The molecule has 1 aliphatic carbocycles. The van der Waals surface area contributed by atoms with Gasteiger partial charge in [0.25, 0.3) is 5.91 Å². The maximum Gasteiger partial charge on any atom is 0.274 e. The molecule has 1 saturated carbocycles. The van der Waals surface area contributed by atoms with E-state index in [1.54, 1.807) is 11.8 Å². The second kappa shape index (κ2) is 6.47. The van der Waals surface area contributed by atoms with Crippen molar-refractivity contribution < 1.29 is 9.53 Å². The summed E-state index contributed by atoms with van der Waals surface area (Å²) < 4.78 is 6.85. The van der Waals surface area contributed by atoms with Crippen LogP contribution in [0.15, 0.2) is 0 Å². The first-order valence-corrected chi connectivity index (χ1v) is 7.64. The molecule has 2 rings (SSSR count). The standard InChI is InChI=1S/C15H26N4O2/c1-5-19-14(13(16)10(2)17-19)15(20)18(8-9-21-4)11(3)12-6-7-12/h11-12H,5-9,16H2,1-4H3. The molecule has 6 nitrogen and oxygen atoms in total. The van der Waals surface area contributed by atoms with Crippen LogP contribution in [0.5, 0.6) is 0 Å². The number of anilines is 1. The molecule has 0 spiro atoms. The average molecular weight is 294 g/mol. The molecule has 1 unspecified atom stereocenters. The van der Waals surface area contributed by atoms with E-state index in [0.29, 0.717) is 42.7 Å². The van der Waals surface area contributed by atoms with Gasteiger partial charge in [0, 0.05) is 26.2 Å². The Labute approximate surface area is 126 Å². The number of aryl methyl sites for hydroxylation is 2. The minimum atomic E-state index is -0.0357. The van der Waals surface area contributed by atoms with E-state index in [-0.39, 0.29) is 11.9 Å². The summed E-state index contributed by atoms with van der Waals surface area (Å²) in [6.45, 7) is 7.66. The number of methoxy groups -OCH3 is 1. The molecule has 6 heteroatoms. The molecule has 0 bridgehead atoms. The highest BCUT2D eigenvalue weighted by Crippen LogP contribution is 2.36. The Kier molecular flexibility index (Phi) is 4.88. The molecule has 1 aliphatic rings. The van der Waals surface area contributed by atoms with Crippen molar-refractivity contribution in [1.29, 1.82) is 0 Å². The molecule has 0 aliphatic heterocycles. The van der Waals surface area contributed by atoms with Gasteiger partial charge in [0.2, 0.25) is 0 Å². The minimum Gasteiger partial charge on any atom is -0.395 e. The van der Waals surface area contributed by atoms with Gasteiger partial charge in [-0.1, -0.05) is 0 Å². The third-order valence-corrected chi connectivity index (χ3v) is 4.27. The fraction of sp³-hybridized carbons (Fsp3) is 0.733. The smallest absolute Gasteiger partial charge is 0.274 e. The maximum atomic E-state index is 13.0. The van der Waals surface area contributed by atoms with Crippen molar-refractivity contribution in [2.75, 3.05) is 26.0 Å². The summed E-state index contributed by atoms with van der Waals surface area (Å²) >= 11 is 0. The molecule has 2 N–H and O–H groups in total. The van der Waals surface area contributed by atoms with Gasteiger partial charge < -0.3 is 15.4 Å². The first kappa shape index (κ1) is 15.8. The third kappa shape index (κ3) is 3.20. The van der Waals surface area contributed by atoms with Crippen LogP contribution >= 0.6 is 0 Å². The molecule has 0 saturated heterocycles. The second-order valence-electron chi connectivity index (χ2n) is 5.73. The number of amides is 1. The summed E-state index contributed by atoms with van der Waals surface area (Å²) in [4.78, 5) is 14.9. The zero-order valence-corrected chi connectivity index (χ0v) is 13.4. The lowest BCUT2D eigenvalue weighted by Gasteiger charge is -2.29. The lowest BCUT2D eigenvalue weighted by molar-refractivity contribution is 0.0583. The largest absolute Gasteiger partial charge is 0.395 e. The van der Waals surface area contributed by atoms with Crippen LogP contribution in [0, 0.1) is 12.8 Å². The van der Waals surface area contributed by atoms with Crippen LogP contribution in [-0.4, -0.2) is 46.9 Å². The lowest BCUT2D eigenvalue weighted by atomic mass is 10.1. The summed E-state index contributed by atoms with van der Waals surface area (Å²) in [6, 6.07) is 0.215. The molecular formula is C15H26N4O2. The van der Waals surface area contributed by atoms with E-state index in [2.05, 4.69) is 12.0 Å². The number of carbonyl (C=O) groups excluding carboxylic acids is 1. The quantitative estimate of drug-likeness (QED) is 0.830. The number of rotatable bonds is 7. The molecule has 1 fully saturated rings. The molecule has 118 valence electrons. The number of carbonyl (C=O) groups is 1. The SMILES string of the molecule is CCn1nc(C)c(N)c1C(=O)N(CCOC)C(C)C1CC1. The Balaban J connectivity index is 2.28. The summed E-state index contributed by atoms with van der Waals surface area (Å²) in [5.74, 6) is 0.567. The van der Waals surface area contributed by atoms with Crippen molar-refractivity contribution >= 4 is 11.6 Å². The summed E-state index contributed by atoms with van der Waals surface area (Å²) in [7, 11) is 1.65. The Hall–Kier alpha value is -1.56. The van der Waals surface area contributed by atoms with Gasteiger partial charge in [-0.3, -0.25) is 9.48 Å². The van der Waals surface area contributed by atoms with Gasteiger partial charge in [0.15, 0.2) is 0 Å². The monoisotopic (exact) mass is 294 g/mol. The van der Waals surface area contributed by atoms with Crippen LogP contribution in [0.4, 0.5) is 5.69 Å². The van der Waals surface area contributed by atoms with Crippen LogP contribution in [-0.2, 0) is 11.3 Å². The Bertz CT molecular complexity index is 508. The summed E-state index contributed by atoms with van der Waals surface area (Å²) in [5.41, 5.74) is 7.80. The van der Waals surface area contributed by atoms with Crippen LogP contribution in [0.3, 0.4) is 0 Å². The normalized spacial score (nSPS) is 16.0. The first-order chi connectivity index (χ1) is 10.0. The van der Waals surface area contributed by atoms with Gasteiger partial charge in [0.05, 0.1) is 18.0 Å². The van der Waals surface area contributed by atoms with E-state index in [0.717, 1.165) is 0 Å². The lowest BCUT2D eigenvalue weighted by Crippen LogP contribution is -2.43. The first-order valence-electron chi connectivity index (χ1n) is 7.64.